The average Bonchev–Trinajstić information content (AvgIpc) is 3.30. The third kappa shape index (κ3) is 37.1. The largest absolute Gasteiger partial charge is 0.462 e. The van der Waals surface area contributed by atoms with Gasteiger partial charge in [-0.1, -0.05) is 238 Å². The number of hydrogen-bond acceptors (Lipinski definition) is 10. The Labute approximate surface area is 399 Å². The third-order valence-corrected chi connectivity index (χ3v) is 13.2. The van der Waals surface area contributed by atoms with Crippen LogP contribution in [0.5, 0.6) is 0 Å². The highest BCUT2D eigenvalue weighted by atomic mass is 16.7. The molecule has 0 aromatic rings. The lowest BCUT2D eigenvalue weighted by atomic mass is 9.99. The van der Waals surface area contributed by atoms with Crippen LogP contribution in [-0.2, 0) is 28.5 Å². The Morgan fingerprint density at radius 3 is 1.25 bits per heavy atom. The Morgan fingerprint density at radius 2 is 0.831 bits per heavy atom. The van der Waals surface area contributed by atoms with Gasteiger partial charge in [-0.25, -0.2) is 0 Å². The Balaban J connectivity index is 2.22. The first-order chi connectivity index (χ1) is 31.8. The summed E-state index contributed by atoms with van der Waals surface area (Å²) in [5, 5.41) is 40.2. The summed E-state index contributed by atoms with van der Waals surface area (Å²) >= 11 is 0. The fraction of sp³-hybridized carbons (Fsp3) is 0.927. The van der Waals surface area contributed by atoms with E-state index in [1.165, 1.54) is 205 Å². The SMILES string of the molecule is CCCCCCCCCCCCCCCCCCCC/C=C/CCCC(=O)O[C@H](COC(=O)CCCCCCCCCCCCCCCCCCC)CO[C@@H]1O[C@H](CO)[C@H](O)C(O)C1O. The first kappa shape index (κ1) is 61.5. The van der Waals surface area contributed by atoms with E-state index in [9.17, 15) is 30.0 Å². The molecular formula is C55H104O10. The van der Waals surface area contributed by atoms with Gasteiger partial charge in [0, 0.05) is 12.8 Å². The van der Waals surface area contributed by atoms with E-state index in [-0.39, 0.29) is 32.0 Å². The van der Waals surface area contributed by atoms with E-state index in [0.29, 0.717) is 6.42 Å². The van der Waals surface area contributed by atoms with E-state index < -0.39 is 49.4 Å². The van der Waals surface area contributed by atoms with Crippen LogP contribution in [0.25, 0.3) is 0 Å². The number of aliphatic hydroxyl groups excluding tert-OH is 4. The number of allylic oxidation sites excluding steroid dienone is 2. The van der Waals surface area contributed by atoms with Gasteiger partial charge >= 0.3 is 11.9 Å². The minimum atomic E-state index is -1.60. The summed E-state index contributed by atoms with van der Waals surface area (Å²) in [6.07, 6.45) is 45.2. The Kier molecular flexibility index (Phi) is 43.7. The molecule has 0 amide bonds. The van der Waals surface area contributed by atoms with E-state index in [1.54, 1.807) is 0 Å². The number of unbranched alkanes of at least 4 members (excludes halogenated alkanes) is 35. The van der Waals surface area contributed by atoms with Gasteiger partial charge in [-0.2, -0.15) is 0 Å². The summed E-state index contributed by atoms with van der Waals surface area (Å²) in [6.45, 7) is 3.46. The second kappa shape index (κ2) is 46.2. The van der Waals surface area contributed by atoms with Crippen LogP contribution in [0, 0.1) is 0 Å². The van der Waals surface area contributed by atoms with Gasteiger partial charge in [0.05, 0.1) is 13.2 Å². The van der Waals surface area contributed by atoms with Crippen molar-refractivity contribution in [2.75, 3.05) is 19.8 Å². The van der Waals surface area contributed by atoms with Crippen molar-refractivity contribution >= 4 is 11.9 Å². The predicted molar refractivity (Wildman–Crippen MR) is 266 cm³/mol. The smallest absolute Gasteiger partial charge is 0.306 e. The number of esters is 2. The number of aliphatic hydroxyl groups is 4. The van der Waals surface area contributed by atoms with Crippen molar-refractivity contribution in [3.05, 3.63) is 12.2 Å². The molecule has 0 aromatic carbocycles. The molecule has 2 unspecified atom stereocenters. The molecule has 0 saturated carbocycles. The van der Waals surface area contributed by atoms with Crippen LogP contribution in [-0.4, -0.2) is 89.0 Å². The first-order valence-corrected chi connectivity index (χ1v) is 27.8. The minimum absolute atomic E-state index is 0.188. The van der Waals surface area contributed by atoms with E-state index >= 15 is 0 Å². The minimum Gasteiger partial charge on any atom is -0.462 e. The molecule has 1 aliphatic heterocycles. The van der Waals surface area contributed by atoms with Crippen LogP contribution in [0.4, 0.5) is 0 Å². The average molecular weight is 925 g/mol. The number of hydrogen-bond donors (Lipinski definition) is 4. The van der Waals surface area contributed by atoms with Gasteiger partial charge in [-0.05, 0) is 32.1 Å². The number of ether oxygens (including phenoxy) is 4. The molecule has 1 heterocycles. The van der Waals surface area contributed by atoms with Gasteiger partial charge in [0.2, 0.25) is 0 Å². The van der Waals surface area contributed by atoms with Gasteiger partial charge in [-0.15, -0.1) is 0 Å². The van der Waals surface area contributed by atoms with Gasteiger partial charge in [-0.3, -0.25) is 9.59 Å². The van der Waals surface area contributed by atoms with Crippen molar-refractivity contribution in [3.63, 3.8) is 0 Å². The van der Waals surface area contributed by atoms with E-state index in [0.717, 1.165) is 32.1 Å². The second-order valence-electron chi connectivity index (χ2n) is 19.4. The first-order valence-electron chi connectivity index (χ1n) is 27.8. The van der Waals surface area contributed by atoms with E-state index in [1.807, 2.05) is 0 Å². The topological polar surface area (TPSA) is 152 Å². The van der Waals surface area contributed by atoms with Crippen molar-refractivity contribution in [2.45, 2.75) is 307 Å². The molecule has 1 aliphatic rings. The van der Waals surface area contributed by atoms with Crippen molar-refractivity contribution in [1.82, 2.24) is 0 Å². The standard InChI is InChI=1S/C55H104O10/c1-3-5-7-9-11-13-15-17-19-21-22-23-24-25-26-28-30-32-34-36-38-40-42-44-51(58)64-48(47-63-55-54(61)53(60)52(59)49(45-56)65-55)46-62-50(57)43-41-39-37-35-33-31-29-27-20-18-16-14-12-10-8-6-4-2/h36,38,48-49,52-56,59-61H,3-35,37,39-47H2,1-2H3/b38-36+/t48-,49-,52+,53?,54?,55-/m1/s1. The lowest BCUT2D eigenvalue weighted by Gasteiger charge is -2.39. The molecule has 0 aliphatic carbocycles. The zero-order valence-electron chi connectivity index (χ0n) is 42.3. The fourth-order valence-corrected chi connectivity index (χ4v) is 8.78. The molecule has 65 heavy (non-hydrogen) atoms. The van der Waals surface area contributed by atoms with Crippen LogP contribution in [0.2, 0.25) is 0 Å². The lowest BCUT2D eigenvalue weighted by Crippen LogP contribution is -2.59. The maximum Gasteiger partial charge on any atom is 0.306 e. The monoisotopic (exact) mass is 925 g/mol. The van der Waals surface area contributed by atoms with Crippen LogP contribution in [0.1, 0.15) is 271 Å². The molecule has 4 N–H and O–H groups in total. The summed E-state index contributed by atoms with van der Waals surface area (Å²) in [5.41, 5.74) is 0. The molecule has 384 valence electrons. The fourth-order valence-electron chi connectivity index (χ4n) is 8.78. The Bertz CT molecular complexity index is 1070. The zero-order chi connectivity index (χ0) is 47.3. The summed E-state index contributed by atoms with van der Waals surface area (Å²) in [6, 6.07) is 0. The molecule has 1 saturated heterocycles. The molecule has 1 rings (SSSR count). The van der Waals surface area contributed by atoms with Gasteiger partial charge in [0.1, 0.15) is 31.0 Å². The normalized spacial score (nSPS) is 19.3. The number of rotatable bonds is 48. The van der Waals surface area contributed by atoms with Crippen molar-refractivity contribution in [2.24, 2.45) is 0 Å². The number of carbonyl (C=O) groups is 2. The zero-order valence-corrected chi connectivity index (χ0v) is 42.3. The summed E-state index contributed by atoms with van der Waals surface area (Å²) in [5.74, 6) is -0.826. The maximum atomic E-state index is 12.8. The van der Waals surface area contributed by atoms with Crippen LogP contribution in [0.3, 0.4) is 0 Å². The van der Waals surface area contributed by atoms with Crippen LogP contribution in [0.15, 0.2) is 12.2 Å². The molecular weight excluding hydrogens is 821 g/mol. The maximum absolute atomic E-state index is 12.8. The molecule has 0 bridgehead atoms. The summed E-state index contributed by atoms with van der Waals surface area (Å²) in [7, 11) is 0. The van der Waals surface area contributed by atoms with Crippen molar-refractivity contribution < 1.29 is 49.0 Å². The molecule has 0 spiro atoms. The van der Waals surface area contributed by atoms with Gasteiger partial charge in [0.15, 0.2) is 12.4 Å². The highest BCUT2D eigenvalue weighted by Crippen LogP contribution is 2.23. The van der Waals surface area contributed by atoms with Gasteiger partial charge < -0.3 is 39.4 Å². The molecule has 1 fully saturated rings. The Morgan fingerprint density at radius 1 is 0.462 bits per heavy atom. The molecule has 0 aromatic heterocycles. The van der Waals surface area contributed by atoms with Crippen LogP contribution < -0.4 is 0 Å². The highest BCUT2D eigenvalue weighted by Gasteiger charge is 2.44. The summed E-state index contributed by atoms with van der Waals surface area (Å²) < 4.78 is 22.3. The molecule has 6 atom stereocenters. The highest BCUT2D eigenvalue weighted by molar-refractivity contribution is 5.70. The van der Waals surface area contributed by atoms with Crippen molar-refractivity contribution in [3.8, 4) is 0 Å². The number of carbonyl (C=O) groups excluding carboxylic acids is 2. The predicted octanol–water partition coefficient (Wildman–Crippen LogP) is 13.5. The lowest BCUT2D eigenvalue weighted by molar-refractivity contribution is -0.305. The quantitative estimate of drug-likeness (QED) is 0.0264. The van der Waals surface area contributed by atoms with E-state index in [2.05, 4.69) is 26.0 Å². The summed E-state index contributed by atoms with van der Waals surface area (Å²) in [4.78, 5) is 25.5. The molecule has 0 radical (unpaired) electrons. The van der Waals surface area contributed by atoms with Crippen LogP contribution >= 0.6 is 0 Å². The van der Waals surface area contributed by atoms with Crippen molar-refractivity contribution in [1.29, 1.82) is 0 Å². The second-order valence-corrected chi connectivity index (χ2v) is 19.4. The molecule has 10 nitrogen and oxygen atoms in total. The third-order valence-electron chi connectivity index (χ3n) is 13.2. The molecule has 10 heteroatoms. The van der Waals surface area contributed by atoms with E-state index in [4.69, 9.17) is 18.9 Å². The Hall–Kier alpha value is -1.56. The van der Waals surface area contributed by atoms with Gasteiger partial charge in [0.25, 0.3) is 0 Å².